The van der Waals surface area contributed by atoms with Crippen LogP contribution in [0, 0.1) is 0 Å². The normalized spacial score (nSPS) is 12.7. The number of rotatable bonds is 57. The first-order valence-corrected chi connectivity index (χ1v) is 30.6. The Balaban J connectivity index is 3.37. The molecule has 0 rings (SSSR count). The second kappa shape index (κ2) is 57.9. The molecule has 0 aliphatic heterocycles. The molecule has 0 spiro atoms. The molecule has 0 saturated heterocycles. The number of hydrogen-bond donors (Lipinski definition) is 3. The Hall–Kier alpha value is -1.66. The predicted octanol–water partition coefficient (Wildman–Crippen LogP) is 19.0. The second-order valence-corrected chi connectivity index (χ2v) is 21.0. The highest BCUT2D eigenvalue weighted by molar-refractivity contribution is 5.76. The molecular formula is C62H119NO5. The Morgan fingerprint density at radius 1 is 0.412 bits per heavy atom. The summed E-state index contributed by atoms with van der Waals surface area (Å²) in [6.45, 7) is 4.94. The Kier molecular flexibility index (Phi) is 56.5. The molecule has 2 unspecified atom stereocenters. The van der Waals surface area contributed by atoms with Crippen molar-refractivity contribution < 1.29 is 24.5 Å². The minimum atomic E-state index is -0.664. The van der Waals surface area contributed by atoms with E-state index in [2.05, 4.69) is 43.5 Å². The molecule has 0 radical (unpaired) electrons. The van der Waals surface area contributed by atoms with E-state index in [0.717, 1.165) is 51.4 Å². The summed E-state index contributed by atoms with van der Waals surface area (Å²) < 4.78 is 5.49. The number of carbonyl (C=O) groups is 2. The van der Waals surface area contributed by atoms with Crippen LogP contribution < -0.4 is 5.32 Å². The van der Waals surface area contributed by atoms with E-state index in [1.54, 1.807) is 0 Å². The molecule has 0 heterocycles. The first kappa shape index (κ1) is 66.3. The zero-order valence-corrected chi connectivity index (χ0v) is 45.9. The Bertz CT molecular complexity index is 1060. The summed E-state index contributed by atoms with van der Waals surface area (Å²) in [6, 6.07) is -0.541. The Morgan fingerprint density at radius 2 is 0.735 bits per heavy atom. The lowest BCUT2D eigenvalue weighted by Gasteiger charge is -2.22. The largest absolute Gasteiger partial charge is 0.466 e. The van der Waals surface area contributed by atoms with Crippen LogP contribution in [-0.2, 0) is 14.3 Å². The van der Waals surface area contributed by atoms with Gasteiger partial charge in [-0.25, -0.2) is 0 Å². The van der Waals surface area contributed by atoms with Crippen LogP contribution in [0.3, 0.4) is 0 Å². The molecule has 402 valence electrons. The molecular weight excluding hydrogens is 839 g/mol. The van der Waals surface area contributed by atoms with Gasteiger partial charge in [0, 0.05) is 12.8 Å². The van der Waals surface area contributed by atoms with E-state index in [1.807, 2.05) is 0 Å². The summed E-state index contributed by atoms with van der Waals surface area (Å²) >= 11 is 0. The lowest BCUT2D eigenvalue weighted by atomic mass is 10.0. The van der Waals surface area contributed by atoms with E-state index >= 15 is 0 Å². The molecule has 0 aromatic heterocycles. The smallest absolute Gasteiger partial charge is 0.305 e. The predicted molar refractivity (Wildman–Crippen MR) is 296 cm³/mol. The van der Waals surface area contributed by atoms with Gasteiger partial charge in [0.1, 0.15) is 0 Å². The molecule has 0 aromatic carbocycles. The van der Waals surface area contributed by atoms with Gasteiger partial charge < -0.3 is 20.3 Å². The van der Waals surface area contributed by atoms with E-state index in [9.17, 15) is 19.8 Å². The van der Waals surface area contributed by atoms with E-state index in [4.69, 9.17) is 4.74 Å². The fraction of sp³-hybridized carbons (Fsp3) is 0.903. The summed E-state index contributed by atoms with van der Waals surface area (Å²) in [5.41, 5.74) is 0. The molecule has 68 heavy (non-hydrogen) atoms. The van der Waals surface area contributed by atoms with Crippen LogP contribution in [0.1, 0.15) is 335 Å². The number of amides is 1. The van der Waals surface area contributed by atoms with Crippen molar-refractivity contribution in [3.05, 3.63) is 24.3 Å². The van der Waals surface area contributed by atoms with Crippen molar-refractivity contribution in [2.24, 2.45) is 0 Å². The molecule has 6 nitrogen and oxygen atoms in total. The Labute approximate surface area is 424 Å². The summed E-state index contributed by atoms with van der Waals surface area (Å²) in [6.07, 6.45) is 70.4. The number of aliphatic hydroxyl groups excluding tert-OH is 2. The van der Waals surface area contributed by atoms with Crippen LogP contribution in [-0.4, -0.2) is 47.4 Å². The molecule has 0 aliphatic rings. The van der Waals surface area contributed by atoms with Crippen molar-refractivity contribution in [2.75, 3.05) is 13.2 Å². The highest BCUT2D eigenvalue weighted by Gasteiger charge is 2.20. The van der Waals surface area contributed by atoms with Crippen molar-refractivity contribution in [2.45, 2.75) is 347 Å². The fourth-order valence-corrected chi connectivity index (χ4v) is 9.55. The molecule has 0 saturated carbocycles. The maximum Gasteiger partial charge on any atom is 0.305 e. The number of aliphatic hydroxyl groups is 2. The van der Waals surface area contributed by atoms with E-state index in [0.29, 0.717) is 25.9 Å². The molecule has 0 fully saturated rings. The topological polar surface area (TPSA) is 95.9 Å². The summed E-state index contributed by atoms with van der Waals surface area (Å²) in [4.78, 5) is 24.5. The Morgan fingerprint density at radius 3 is 1.15 bits per heavy atom. The van der Waals surface area contributed by atoms with E-state index < -0.39 is 12.1 Å². The highest BCUT2D eigenvalue weighted by Crippen LogP contribution is 2.18. The number of hydrogen-bond acceptors (Lipinski definition) is 5. The third kappa shape index (κ3) is 53.7. The summed E-state index contributed by atoms with van der Waals surface area (Å²) in [5, 5.41) is 23.2. The fourth-order valence-electron chi connectivity index (χ4n) is 9.55. The minimum Gasteiger partial charge on any atom is -0.466 e. The van der Waals surface area contributed by atoms with Crippen LogP contribution in [0.4, 0.5) is 0 Å². The van der Waals surface area contributed by atoms with Crippen LogP contribution in [0.5, 0.6) is 0 Å². The van der Waals surface area contributed by atoms with Crippen molar-refractivity contribution in [1.29, 1.82) is 0 Å². The third-order valence-electron chi connectivity index (χ3n) is 14.3. The maximum absolute atomic E-state index is 12.5. The number of ether oxygens (including phenoxy) is 1. The van der Waals surface area contributed by atoms with Gasteiger partial charge >= 0.3 is 5.97 Å². The van der Waals surface area contributed by atoms with Crippen LogP contribution >= 0.6 is 0 Å². The van der Waals surface area contributed by atoms with E-state index in [1.165, 1.54) is 250 Å². The number of carbonyl (C=O) groups excluding carboxylic acids is 2. The number of unbranched alkanes of at least 4 members (excludes halogenated alkanes) is 42. The van der Waals surface area contributed by atoms with Gasteiger partial charge in [0.2, 0.25) is 5.91 Å². The van der Waals surface area contributed by atoms with Gasteiger partial charge in [-0.3, -0.25) is 9.59 Å². The van der Waals surface area contributed by atoms with Crippen LogP contribution in [0.2, 0.25) is 0 Å². The highest BCUT2D eigenvalue weighted by atomic mass is 16.5. The molecule has 0 aliphatic carbocycles. The first-order chi connectivity index (χ1) is 33.5. The summed E-state index contributed by atoms with van der Waals surface area (Å²) in [7, 11) is 0. The van der Waals surface area contributed by atoms with Crippen LogP contribution in [0.25, 0.3) is 0 Å². The average Bonchev–Trinajstić information content (AvgIpc) is 3.34. The quantitative estimate of drug-likeness (QED) is 0.0321. The third-order valence-corrected chi connectivity index (χ3v) is 14.3. The van der Waals surface area contributed by atoms with Crippen molar-refractivity contribution in [3.63, 3.8) is 0 Å². The molecule has 0 aromatic rings. The number of nitrogens with one attached hydrogen (secondary N) is 1. The van der Waals surface area contributed by atoms with Crippen molar-refractivity contribution >= 4 is 11.9 Å². The standard InChI is InChI=1S/C62H119NO5/c1-3-5-7-9-11-13-15-17-18-24-28-32-36-40-44-48-52-56-62(67)68-57-53-49-45-41-37-33-29-26-23-21-19-20-22-25-27-31-35-39-43-47-51-55-61(66)63-59(58-64)60(65)54-50-46-42-38-34-30-16-14-12-10-8-6-4-2/h11,13,17-18,59-60,64-65H,3-10,12,14-16,19-58H2,1-2H3,(H,63,66)/b13-11-,18-17-. The van der Waals surface area contributed by atoms with Gasteiger partial charge in [0.05, 0.1) is 25.4 Å². The van der Waals surface area contributed by atoms with Gasteiger partial charge in [0.25, 0.3) is 0 Å². The second-order valence-electron chi connectivity index (χ2n) is 21.0. The number of esters is 1. The van der Waals surface area contributed by atoms with E-state index in [-0.39, 0.29) is 18.5 Å². The van der Waals surface area contributed by atoms with Gasteiger partial charge in [-0.1, -0.05) is 289 Å². The molecule has 6 heteroatoms. The first-order valence-electron chi connectivity index (χ1n) is 30.6. The monoisotopic (exact) mass is 958 g/mol. The SMILES string of the molecule is CCCCC/C=C\C/C=C\CCCCCCCCCC(=O)OCCCCCCCCCCCCCCCCCCCCCCCC(=O)NC(CO)C(O)CCCCCCCCCCCCCCC. The molecule has 3 N–H and O–H groups in total. The van der Waals surface area contributed by atoms with Crippen molar-refractivity contribution in [1.82, 2.24) is 5.32 Å². The number of allylic oxidation sites excluding steroid dienone is 4. The minimum absolute atomic E-state index is 0.00460. The molecule has 1 amide bonds. The zero-order valence-electron chi connectivity index (χ0n) is 45.9. The average molecular weight is 959 g/mol. The zero-order chi connectivity index (χ0) is 49.3. The molecule has 2 atom stereocenters. The lowest BCUT2D eigenvalue weighted by Crippen LogP contribution is -2.45. The lowest BCUT2D eigenvalue weighted by molar-refractivity contribution is -0.143. The van der Waals surface area contributed by atoms with Crippen molar-refractivity contribution in [3.8, 4) is 0 Å². The van der Waals surface area contributed by atoms with Crippen LogP contribution in [0.15, 0.2) is 24.3 Å². The van der Waals surface area contributed by atoms with Gasteiger partial charge in [0.15, 0.2) is 0 Å². The van der Waals surface area contributed by atoms with Gasteiger partial charge in [-0.15, -0.1) is 0 Å². The molecule has 0 bridgehead atoms. The summed E-state index contributed by atoms with van der Waals surface area (Å²) in [5.74, 6) is -0.0304. The maximum atomic E-state index is 12.5. The van der Waals surface area contributed by atoms with Gasteiger partial charge in [-0.05, 0) is 57.8 Å². The van der Waals surface area contributed by atoms with Gasteiger partial charge in [-0.2, -0.15) is 0 Å².